The molecule has 428 valence electrons. The molecule has 78 heavy (non-hydrogen) atoms. The summed E-state index contributed by atoms with van der Waals surface area (Å²) in [5.74, 6) is 0.802. The monoisotopic (exact) mass is 1100 g/mol. The lowest BCUT2D eigenvalue weighted by atomic mass is 10.0. The number of unbranched alkanes of at least 4 members (excludes halogenated alkanes) is 16. The normalized spacial score (nSPS) is 13.1. The molecule has 0 spiro atoms. The second kappa shape index (κ2) is 31.7. The number of non-ortho nitro benzene ring substituents is 1. The lowest BCUT2D eigenvalue weighted by molar-refractivity contribution is -0.870. The quantitative estimate of drug-likeness (QED) is 0.00531. The van der Waals surface area contributed by atoms with Gasteiger partial charge < -0.3 is 38.2 Å². The van der Waals surface area contributed by atoms with E-state index in [1.807, 2.05) is 51.5 Å². The third-order valence-electron chi connectivity index (χ3n) is 13.8. The maximum Gasteiger partial charge on any atom is 0.472 e. The molecule has 2 unspecified atom stereocenters. The number of hydrogen-bond acceptors (Lipinski definition) is 17. The van der Waals surface area contributed by atoms with Crippen molar-refractivity contribution >= 4 is 63.8 Å². The first kappa shape index (κ1) is 61.5. The van der Waals surface area contributed by atoms with Crippen LogP contribution in [0.3, 0.4) is 0 Å². The first-order chi connectivity index (χ1) is 37.6. The summed E-state index contributed by atoms with van der Waals surface area (Å²) in [6.07, 6.45) is 18.0. The van der Waals surface area contributed by atoms with Crippen molar-refractivity contribution in [1.82, 2.24) is 15.3 Å². The van der Waals surface area contributed by atoms with Crippen LogP contribution >= 0.6 is 7.82 Å². The molecule has 20 nitrogen and oxygen atoms in total. The highest BCUT2D eigenvalue weighted by Gasteiger charge is 2.26. The van der Waals surface area contributed by atoms with Crippen molar-refractivity contribution in [2.24, 2.45) is 0 Å². The number of quaternary nitrogens is 1. The number of phosphoric ester groups is 1. The minimum Gasteiger partial charge on any atom is -0.494 e. The van der Waals surface area contributed by atoms with E-state index in [1.165, 1.54) is 18.6 Å². The Morgan fingerprint density at radius 2 is 1.42 bits per heavy atom. The summed E-state index contributed by atoms with van der Waals surface area (Å²) in [5, 5.41) is 23.3. The van der Waals surface area contributed by atoms with Crippen LogP contribution in [0.1, 0.15) is 136 Å². The number of ether oxygens (including phenoxy) is 3. The number of phosphoric acid groups is 1. The SMILES string of the molecule is CCN(CC)c1ccc2nc3c4ccc(OCCCCCCCCCCCCOC(COC(=O)CCCCCCCCCCNc5ccc([N+](=O)[O-])c6nonc56)COP(=O)(O)OCC[N+](C)(C)C)cc4c(=O)cc-3oc2c1. The van der Waals surface area contributed by atoms with Crippen LogP contribution in [0.2, 0.25) is 0 Å². The molecule has 1 aliphatic carbocycles. The highest BCUT2D eigenvalue weighted by atomic mass is 31.2. The Balaban J connectivity index is 0.793. The Hall–Kier alpha value is -5.76. The Morgan fingerprint density at radius 1 is 0.769 bits per heavy atom. The first-order valence-electron chi connectivity index (χ1n) is 28.2. The molecule has 2 aliphatic rings. The number of carbonyl (C=O) groups is 1. The molecule has 2 N–H and O–H groups in total. The summed E-state index contributed by atoms with van der Waals surface area (Å²) < 4.78 is 52.3. The van der Waals surface area contributed by atoms with E-state index in [0.29, 0.717) is 76.6 Å². The van der Waals surface area contributed by atoms with Gasteiger partial charge in [-0.3, -0.25) is 28.8 Å². The summed E-state index contributed by atoms with van der Waals surface area (Å²) in [6, 6.07) is 16.2. The maximum atomic E-state index is 13.2. The van der Waals surface area contributed by atoms with E-state index in [-0.39, 0.29) is 48.8 Å². The molecule has 4 aromatic rings. The van der Waals surface area contributed by atoms with Crippen LogP contribution in [-0.2, 0) is 27.9 Å². The molecule has 0 saturated carbocycles. The summed E-state index contributed by atoms with van der Waals surface area (Å²) in [6.45, 7) is 7.92. The molecular weight excluding hydrogens is 1020 g/mol. The zero-order valence-corrected chi connectivity index (χ0v) is 47.4. The fraction of sp³-hybridized carbons (Fsp3) is 0.596. The van der Waals surface area contributed by atoms with Crippen LogP contribution in [0.15, 0.2) is 68.4 Å². The second-order valence-corrected chi connectivity index (χ2v) is 22.4. The average molecular weight is 1110 g/mol. The lowest BCUT2D eigenvalue weighted by Gasteiger charge is -2.24. The number of likely N-dealkylation sites (N-methyl/N-ethyl adjacent to an activating group) is 1. The van der Waals surface area contributed by atoms with E-state index >= 15 is 0 Å². The van der Waals surface area contributed by atoms with E-state index in [2.05, 4.69) is 40.4 Å². The van der Waals surface area contributed by atoms with Gasteiger partial charge in [0, 0.05) is 67.3 Å². The molecule has 2 heterocycles. The van der Waals surface area contributed by atoms with E-state index in [4.69, 9.17) is 37.3 Å². The van der Waals surface area contributed by atoms with E-state index in [1.54, 1.807) is 6.07 Å². The van der Waals surface area contributed by atoms with Gasteiger partial charge >= 0.3 is 19.5 Å². The smallest absolute Gasteiger partial charge is 0.472 e. The van der Waals surface area contributed by atoms with Gasteiger partial charge in [0.25, 0.3) is 0 Å². The Labute approximate surface area is 458 Å². The molecule has 21 heteroatoms. The van der Waals surface area contributed by atoms with Crippen molar-refractivity contribution in [3.05, 3.63) is 74.9 Å². The molecule has 0 bridgehead atoms. The molecule has 1 aromatic heterocycles. The van der Waals surface area contributed by atoms with Gasteiger partial charge in [-0.2, -0.15) is 0 Å². The largest absolute Gasteiger partial charge is 0.494 e. The fourth-order valence-electron chi connectivity index (χ4n) is 9.24. The number of rotatable bonds is 40. The van der Waals surface area contributed by atoms with Gasteiger partial charge in [0.1, 0.15) is 42.8 Å². The minimum atomic E-state index is -4.33. The van der Waals surface area contributed by atoms with Crippen LogP contribution in [0.4, 0.5) is 17.1 Å². The number of fused-ring (bicyclic) bond motifs is 5. The number of nitro benzene ring substituents is 1. The Bertz CT molecular complexity index is 2870. The van der Waals surface area contributed by atoms with Crippen molar-refractivity contribution in [3.63, 3.8) is 0 Å². The standard InChI is InChI=1S/C57H82N7O13P/c1-6-62(7-2)43-27-30-48-52(38-43)76-53-40-51(65)47-39-44(28-29-46(47)55(53)59-48)71-35-24-20-16-12-8-9-13-17-21-25-36-72-45(42-75-78(69,70)74-37-34-64(3,4)5)41-73-54(66)26-22-18-14-10-11-15-19-23-33-58-49-31-32-50(63(67)68)57-56(49)60-77-61-57/h27-32,38-40,45H,6-26,33-37,41-42H2,1-5H3,(H-,58,61,69,70)/p+1. The number of nitrogens with zero attached hydrogens (tertiary/aromatic N) is 6. The lowest BCUT2D eigenvalue weighted by Crippen LogP contribution is -2.37. The van der Waals surface area contributed by atoms with Crippen molar-refractivity contribution in [2.45, 2.75) is 142 Å². The van der Waals surface area contributed by atoms with Crippen LogP contribution < -0.4 is 20.4 Å². The highest BCUT2D eigenvalue weighted by Crippen LogP contribution is 2.43. The molecule has 2 atom stereocenters. The van der Waals surface area contributed by atoms with Crippen molar-refractivity contribution < 1.29 is 56.0 Å². The van der Waals surface area contributed by atoms with Gasteiger partial charge in [0.15, 0.2) is 22.3 Å². The Kier molecular flexibility index (Phi) is 25.0. The molecule has 0 saturated heterocycles. The van der Waals surface area contributed by atoms with Crippen LogP contribution in [0.25, 0.3) is 44.4 Å². The topological polar surface area (TPSA) is 241 Å². The summed E-state index contributed by atoms with van der Waals surface area (Å²) in [5.41, 5.74) is 3.98. The van der Waals surface area contributed by atoms with E-state index < -0.39 is 18.8 Å². The van der Waals surface area contributed by atoms with Gasteiger partial charge in [0.05, 0.1) is 45.0 Å². The number of carbonyl (C=O) groups excluding carboxylic acids is 1. The highest BCUT2D eigenvalue weighted by molar-refractivity contribution is 7.47. The number of esters is 1. The van der Waals surface area contributed by atoms with Crippen LogP contribution in [0, 0.1) is 10.1 Å². The minimum absolute atomic E-state index is 0.0489. The number of aromatic nitrogens is 3. The van der Waals surface area contributed by atoms with Gasteiger partial charge in [0.2, 0.25) is 5.52 Å². The first-order valence-corrected chi connectivity index (χ1v) is 29.7. The van der Waals surface area contributed by atoms with E-state index in [0.717, 1.165) is 132 Å². The molecule has 1 aliphatic heterocycles. The average Bonchev–Trinajstić information content (AvgIpc) is 3.97. The molecule has 3 aromatic carbocycles. The van der Waals surface area contributed by atoms with Gasteiger partial charge in [-0.25, -0.2) is 14.2 Å². The third-order valence-corrected chi connectivity index (χ3v) is 14.8. The summed E-state index contributed by atoms with van der Waals surface area (Å²) >= 11 is 0. The van der Waals surface area contributed by atoms with Crippen molar-refractivity contribution in [3.8, 4) is 17.2 Å². The molecule has 6 rings (SSSR count). The van der Waals surface area contributed by atoms with Crippen LogP contribution in [-0.4, -0.2) is 122 Å². The molecule has 0 amide bonds. The molecule has 0 fully saturated rings. The van der Waals surface area contributed by atoms with Crippen molar-refractivity contribution in [1.29, 1.82) is 0 Å². The van der Waals surface area contributed by atoms with Crippen LogP contribution in [0.5, 0.6) is 5.75 Å². The fourth-order valence-corrected chi connectivity index (χ4v) is 9.98. The molecule has 0 radical (unpaired) electrons. The molecular formula is C57H83N7O13P+. The summed E-state index contributed by atoms with van der Waals surface area (Å²) in [7, 11) is 1.54. The van der Waals surface area contributed by atoms with Gasteiger partial charge in [-0.15, -0.1) is 0 Å². The van der Waals surface area contributed by atoms with Gasteiger partial charge in [-0.05, 0) is 86.2 Å². The predicted octanol–water partition coefficient (Wildman–Crippen LogP) is 12.4. The zero-order chi connectivity index (χ0) is 55.8. The summed E-state index contributed by atoms with van der Waals surface area (Å²) in [4.78, 5) is 54.0. The number of nitro groups is 1. The second-order valence-electron chi connectivity index (χ2n) is 21.0. The predicted molar refractivity (Wildman–Crippen MR) is 303 cm³/mol. The van der Waals surface area contributed by atoms with Gasteiger partial charge in [-0.1, -0.05) is 89.9 Å². The zero-order valence-electron chi connectivity index (χ0n) is 46.5. The van der Waals surface area contributed by atoms with E-state index in [9.17, 15) is 29.2 Å². The number of hydrogen-bond donors (Lipinski definition) is 2. The Morgan fingerprint density at radius 3 is 2.10 bits per heavy atom. The number of nitrogens with one attached hydrogen (secondary N) is 1. The maximum absolute atomic E-state index is 13.2. The van der Waals surface area contributed by atoms with Crippen molar-refractivity contribution in [2.75, 3.05) is 90.6 Å². The number of benzene rings is 4. The number of anilines is 2. The third kappa shape index (κ3) is 20.2.